The number of nitrogens with zero attached hydrogens (tertiary/aromatic N) is 1. The summed E-state index contributed by atoms with van der Waals surface area (Å²) < 4.78 is 82.3. The van der Waals surface area contributed by atoms with Gasteiger partial charge in [-0.05, 0) is 36.2 Å². The third-order valence-corrected chi connectivity index (χ3v) is 5.66. The summed E-state index contributed by atoms with van der Waals surface area (Å²) in [6.45, 7) is 3.69. The van der Waals surface area contributed by atoms with Gasteiger partial charge in [-0.15, -0.1) is 0 Å². The molecule has 0 spiro atoms. The second-order valence-corrected chi connectivity index (χ2v) is 9.17. The number of carbonyl (C=O) groups excluding carboxylic acids is 1. The highest BCUT2D eigenvalue weighted by atomic mass is 35.5. The number of benzene rings is 2. The van der Waals surface area contributed by atoms with Gasteiger partial charge in [0.1, 0.15) is 0 Å². The third-order valence-electron chi connectivity index (χ3n) is 5.11. The van der Waals surface area contributed by atoms with E-state index in [1.165, 1.54) is 18.2 Å². The highest BCUT2D eigenvalue weighted by molar-refractivity contribution is 6.33. The molecule has 0 aliphatic carbocycles. The van der Waals surface area contributed by atoms with Gasteiger partial charge in [0.2, 0.25) is 5.91 Å². The van der Waals surface area contributed by atoms with Gasteiger partial charge in [0.25, 0.3) is 5.60 Å². The van der Waals surface area contributed by atoms with Crippen molar-refractivity contribution in [3.63, 3.8) is 0 Å². The van der Waals surface area contributed by atoms with Gasteiger partial charge in [-0.25, -0.2) is 0 Å². The van der Waals surface area contributed by atoms with Gasteiger partial charge < -0.3 is 4.84 Å². The van der Waals surface area contributed by atoms with Crippen LogP contribution in [0.4, 0.5) is 32.0 Å². The number of nitrogens with one attached hydrogen (secondary N) is 2. The van der Waals surface area contributed by atoms with Crippen molar-refractivity contribution in [2.75, 3.05) is 5.43 Å². The van der Waals surface area contributed by atoms with E-state index in [2.05, 4.69) is 16.0 Å². The number of hydrogen-bond acceptors (Lipinski definition) is 4. The minimum atomic E-state index is -5.13. The Kier molecular flexibility index (Phi) is 7.52. The molecule has 1 amide bonds. The molecule has 2 N–H and O–H groups in total. The lowest BCUT2D eigenvalue weighted by Gasteiger charge is -2.30. The Morgan fingerprint density at radius 3 is 2.40 bits per heavy atom. The summed E-state index contributed by atoms with van der Waals surface area (Å²) in [6, 6.07) is 5.71. The molecule has 2 aromatic rings. The summed E-state index contributed by atoms with van der Waals surface area (Å²) in [7, 11) is 0. The van der Waals surface area contributed by atoms with Crippen molar-refractivity contribution in [2.45, 2.75) is 44.6 Å². The van der Waals surface area contributed by atoms with Gasteiger partial charge in [0.05, 0.1) is 22.0 Å². The van der Waals surface area contributed by atoms with Crippen molar-refractivity contribution >= 4 is 40.5 Å². The highest BCUT2D eigenvalue weighted by Gasteiger charge is 2.62. The number of rotatable bonds is 6. The molecule has 0 saturated carbocycles. The highest BCUT2D eigenvalue weighted by Crippen LogP contribution is 2.50. The van der Waals surface area contributed by atoms with Crippen LogP contribution < -0.4 is 10.9 Å². The summed E-state index contributed by atoms with van der Waals surface area (Å²) in [5, 5.41) is 3.16. The molecule has 2 aromatic carbocycles. The van der Waals surface area contributed by atoms with Crippen LogP contribution in [0, 0.1) is 5.92 Å². The Labute approximate surface area is 206 Å². The molecular weight excluding hydrogens is 523 g/mol. The first-order chi connectivity index (χ1) is 16.1. The number of hydrazine groups is 1. The molecule has 1 aliphatic rings. The van der Waals surface area contributed by atoms with Crippen LogP contribution in [-0.2, 0) is 21.4 Å². The fourth-order valence-electron chi connectivity index (χ4n) is 3.40. The maximum atomic E-state index is 14.2. The number of alkyl halides is 6. The first-order valence-corrected chi connectivity index (χ1v) is 10.9. The van der Waals surface area contributed by atoms with Crippen LogP contribution in [-0.4, -0.2) is 17.8 Å². The quantitative estimate of drug-likeness (QED) is 0.303. The minimum Gasteiger partial charge on any atom is -0.374 e. The lowest BCUT2D eigenvalue weighted by Crippen LogP contribution is -2.43. The molecule has 0 bridgehead atoms. The van der Waals surface area contributed by atoms with Crippen LogP contribution >= 0.6 is 23.2 Å². The molecule has 0 fully saturated rings. The van der Waals surface area contributed by atoms with Crippen LogP contribution in [0.5, 0.6) is 0 Å². The Hall–Kier alpha value is -2.66. The van der Waals surface area contributed by atoms with Crippen molar-refractivity contribution in [3.05, 3.63) is 63.1 Å². The summed E-state index contributed by atoms with van der Waals surface area (Å²) in [5.41, 5.74) is -0.198. The number of anilines is 1. The van der Waals surface area contributed by atoms with E-state index in [0.717, 1.165) is 6.07 Å². The number of oxime groups is 1. The van der Waals surface area contributed by atoms with E-state index in [1.54, 1.807) is 0 Å². The zero-order valence-electron chi connectivity index (χ0n) is 18.2. The zero-order chi connectivity index (χ0) is 26.2. The van der Waals surface area contributed by atoms with Crippen molar-refractivity contribution in [2.24, 2.45) is 11.1 Å². The summed E-state index contributed by atoms with van der Waals surface area (Å²) in [6.07, 6.45) is -10.8. The predicted octanol–water partition coefficient (Wildman–Crippen LogP) is 7.08. The maximum absolute atomic E-state index is 14.2. The van der Waals surface area contributed by atoms with Crippen molar-refractivity contribution < 1.29 is 36.0 Å². The molecule has 0 unspecified atom stereocenters. The van der Waals surface area contributed by atoms with Gasteiger partial charge in [-0.1, -0.05) is 48.3 Å². The Bertz CT molecular complexity index is 1150. The normalized spacial score (nSPS) is 18.3. The molecule has 3 rings (SSSR count). The van der Waals surface area contributed by atoms with Crippen molar-refractivity contribution in [3.8, 4) is 0 Å². The van der Waals surface area contributed by atoms with E-state index in [0.29, 0.717) is 12.1 Å². The second-order valence-electron chi connectivity index (χ2n) is 8.32. The van der Waals surface area contributed by atoms with Crippen LogP contribution in [0.2, 0.25) is 10.0 Å². The van der Waals surface area contributed by atoms with Crippen LogP contribution in [0.15, 0.2) is 41.6 Å². The first-order valence-electron chi connectivity index (χ1n) is 10.2. The molecule has 5 nitrogen and oxygen atoms in total. The molecule has 1 aliphatic heterocycles. The number of carbonyl (C=O) groups is 1. The summed E-state index contributed by atoms with van der Waals surface area (Å²) in [5.74, 6) is -0.246. The number of hydrogen-bond donors (Lipinski definition) is 2. The average molecular weight is 542 g/mol. The van der Waals surface area contributed by atoms with E-state index in [4.69, 9.17) is 28.0 Å². The van der Waals surface area contributed by atoms with E-state index in [1.807, 2.05) is 13.8 Å². The van der Waals surface area contributed by atoms with Gasteiger partial charge in [0, 0.05) is 29.0 Å². The monoisotopic (exact) mass is 541 g/mol. The lowest BCUT2D eigenvalue weighted by atomic mass is 9.85. The summed E-state index contributed by atoms with van der Waals surface area (Å²) in [4.78, 5) is 16.7. The van der Waals surface area contributed by atoms with Crippen LogP contribution in [0.25, 0.3) is 0 Å². The second kappa shape index (κ2) is 9.77. The first kappa shape index (κ1) is 26.9. The molecule has 0 aromatic heterocycles. The zero-order valence-corrected chi connectivity index (χ0v) is 19.8. The topological polar surface area (TPSA) is 62.7 Å². The standard InChI is InChI=1S/C22H19Cl2F6N3O2/c1-11(2)5-19(34)32-31-17-6-12(3-4-16(17)24)18-10-20(35-33-18,22(28,29)30)13-7-14(21(25,26)27)9-15(23)8-13/h3-4,6-9,11,31H,5,10H2,1-2H3,(H,32,34)/t20-/m0/s1. The van der Waals surface area contributed by atoms with Gasteiger partial charge in [0.15, 0.2) is 0 Å². The van der Waals surface area contributed by atoms with Crippen LogP contribution in [0.1, 0.15) is 43.4 Å². The average Bonchev–Trinajstić information content (AvgIpc) is 3.18. The Morgan fingerprint density at radius 1 is 1.11 bits per heavy atom. The smallest absolute Gasteiger partial charge is 0.374 e. The molecule has 35 heavy (non-hydrogen) atoms. The minimum absolute atomic E-state index is 0.0865. The summed E-state index contributed by atoms with van der Waals surface area (Å²) >= 11 is 11.8. The molecule has 1 atom stereocenters. The predicted molar refractivity (Wildman–Crippen MR) is 119 cm³/mol. The van der Waals surface area contributed by atoms with E-state index >= 15 is 0 Å². The largest absolute Gasteiger partial charge is 0.435 e. The lowest BCUT2D eigenvalue weighted by molar-refractivity contribution is -0.276. The van der Waals surface area contributed by atoms with E-state index in [-0.39, 0.29) is 40.2 Å². The van der Waals surface area contributed by atoms with Gasteiger partial charge in [-0.3, -0.25) is 15.6 Å². The number of amides is 1. The fraction of sp³-hybridized carbons (Fsp3) is 0.364. The third kappa shape index (κ3) is 5.95. The van der Waals surface area contributed by atoms with E-state index < -0.39 is 40.5 Å². The molecule has 0 saturated heterocycles. The molecule has 190 valence electrons. The Morgan fingerprint density at radius 2 is 1.80 bits per heavy atom. The fourth-order valence-corrected chi connectivity index (χ4v) is 3.80. The number of halogens is 8. The van der Waals surface area contributed by atoms with Crippen LogP contribution in [0.3, 0.4) is 0 Å². The molecular formula is C22H19Cl2F6N3O2. The Balaban J connectivity index is 1.93. The SMILES string of the molecule is CC(C)CC(=O)NNc1cc(C2=NO[C@@](c3cc(Cl)cc(C(F)(F)F)c3)(C(F)(F)F)C2)ccc1Cl. The van der Waals surface area contributed by atoms with Crippen molar-refractivity contribution in [1.82, 2.24) is 5.43 Å². The van der Waals surface area contributed by atoms with Gasteiger partial charge in [-0.2, -0.15) is 26.3 Å². The molecule has 1 heterocycles. The van der Waals surface area contributed by atoms with Crippen molar-refractivity contribution in [1.29, 1.82) is 0 Å². The van der Waals surface area contributed by atoms with E-state index in [9.17, 15) is 31.1 Å². The van der Waals surface area contributed by atoms with Gasteiger partial charge >= 0.3 is 12.4 Å². The molecule has 13 heteroatoms. The maximum Gasteiger partial charge on any atom is 0.435 e. The molecule has 0 radical (unpaired) electrons.